The fourth-order valence-corrected chi connectivity index (χ4v) is 3.37. The summed E-state index contributed by atoms with van der Waals surface area (Å²) in [6.07, 6.45) is 0. The minimum absolute atomic E-state index is 0.0238. The van der Waals surface area contributed by atoms with E-state index in [1.807, 2.05) is 0 Å². The Bertz CT molecular complexity index is 1230. The number of nitrogens with zero attached hydrogens (tertiary/aromatic N) is 5. The van der Waals surface area contributed by atoms with E-state index < -0.39 is 22.7 Å². The van der Waals surface area contributed by atoms with Gasteiger partial charge in [-0.15, -0.1) is 0 Å². The second-order valence-electron chi connectivity index (χ2n) is 6.66. The number of Topliss-reactive ketones (excluding diaryl/α,β-unsaturated/α-hetero) is 1. The fraction of sp³-hybridized carbons (Fsp3) is 0.150. The summed E-state index contributed by atoms with van der Waals surface area (Å²) in [7, 11) is 2.69. The summed E-state index contributed by atoms with van der Waals surface area (Å²) in [6.45, 7) is 0. The Kier molecular flexibility index (Phi) is 5.33. The zero-order valence-electron chi connectivity index (χ0n) is 16.9. The van der Waals surface area contributed by atoms with Crippen molar-refractivity contribution in [3.8, 4) is 5.75 Å². The molecule has 2 heterocycles. The highest BCUT2D eigenvalue weighted by atomic mass is 16.6. The number of hydrogen-bond acceptors (Lipinski definition) is 10. The molecule has 0 saturated carbocycles. The molecule has 1 aromatic heterocycles. The van der Waals surface area contributed by atoms with Gasteiger partial charge in [0.15, 0.2) is 5.78 Å². The van der Waals surface area contributed by atoms with Crippen LogP contribution in [0, 0.1) is 10.1 Å². The molecule has 0 aliphatic carbocycles. The SMILES string of the molecule is COC(=O)C1=C(C(=O)c2ccc(OC)cc2)[C@@H](c2ccc([N+](=O)[O-])cc2)n2nnnc2N1. The summed E-state index contributed by atoms with van der Waals surface area (Å²) < 4.78 is 11.3. The molecule has 0 amide bonds. The molecule has 1 atom stereocenters. The minimum Gasteiger partial charge on any atom is -0.497 e. The molecule has 1 aliphatic rings. The lowest BCUT2D eigenvalue weighted by molar-refractivity contribution is -0.384. The predicted octanol–water partition coefficient (Wildman–Crippen LogP) is 1.91. The number of allylic oxidation sites excluding steroid dienone is 1. The van der Waals surface area contributed by atoms with E-state index in [-0.39, 0.29) is 28.5 Å². The third kappa shape index (κ3) is 3.53. The van der Waals surface area contributed by atoms with Gasteiger partial charge in [-0.3, -0.25) is 14.9 Å². The highest BCUT2D eigenvalue weighted by Gasteiger charge is 2.38. The molecule has 0 saturated heterocycles. The van der Waals surface area contributed by atoms with Gasteiger partial charge in [0.05, 0.1) is 24.7 Å². The van der Waals surface area contributed by atoms with Crippen LogP contribution in [0.3, 0.4) is 0 Å². The number of nitro groups is 1. The number of fused-ring (bicyclic) bond motifs is 1. The second kappa shape index (κ2) is 8.26. The van der Waals surface area contributed by atoms with Gasteiger partial charge in [0.25, 0.3) is 5.69 Å². The number of carbonyl (C=O) groups excluding carboxylic acids is 2. The molecule has 1 N–H and O–H groups in total. The number of non-ortho nitro benzene ring substituents is 1. The Hall–Kier alpha value is -4.61. The third-order valence-electron chi connectivity index (χ3n) is 4.92. The quantitative estimate of drug-likeness (QED) is 0.262. The summed E-state index contributed by atoms with van der Waals surface area (Å²) in [5, 5.41) is 25.2. The van der Waals surface area contributed by atoms with Gasteiger partial charge in [0, 0.05) is 17.7 Å². The van der Waals surface area contributed by atoms with Crippen LogP contribution in [0.2, 0.25) is 0 Å². The number of carbonyl (C=O) groups is 2. The molecule has 162 valence electrons. The van der Waals surface area contributed by atoms with E-state index in [0.29, 0.717) is 11.3 Å². The van der Waals surface area contributed by atoms with Crippen molar-refractivity contribution in [2.45, 2.75) is 6.04 Å². The second-order valence-corrected chi connectivity index (χ2v) is 6.66. The first-order valence-electron chi connectivity index (χ1n) is 9.25. The van der Waals surface area contributed by atoms with Crippen molar-refractivity contribution in [3.63, 3.8) is 0 Å². The number of hydrogen-bond donors (Lipinski definition) is 1. The summed E-state index contributed by atoms with van der Waals surface area (Å²) >= 11 is 0. The Balaban J connectivity index is 1.90. The van der Waals surface area contributed by atoms with Crippen molar-refractivity contribution in [3.05, 3.63) is 81.0 Å². The molecule has 1 aliphatic heterocycles. The number of ketones is 1. The van der Waals surface area contributed by atoms with Gasteiger partial charge in [0.2, 0.25) is 5.95 Å². The Labute approximate surface area is 180 Å². The standard InChI is InChI=1S/C20H16N6O6/c1-31-14-9-5-12(6-10-14)18(27)15-16(19(28)32-2)21-20-22-23-24-25(20)17(15)11-3-7-13(8-4-11)26(29)30/h3-10,17H,1-2H3,(H,21,22,24)/t17-/m1/s1. The number of ether oxygens (including phenoxy) is 2. The van der Waals surface area contributed by atoms with E-state index >= 15 is 0 Å². The molecule has 0 fully saturated rings. The molecule has 32 heavy (non-hydrogen) atoms. The number of nitro benzene ring substituents is 1. The van der Waals surface area contributed by atoms with Crippen LogP contribution >= 0.6 is 0 Å². The van der Waals surface area contributed by atoms with E-state index in [9.17, 15) is 19.7 Å². The van der Waals surface area contributed by atoms with Gasteiger partial charge in [-0.2, -0.15) is 4.68 Å². The van der Waals surface area contributed by atoms with E-state index in [4.69, 9.17) is 9.47 Å². The summed E-state index contributed by atoms with van der Waals surface area (Å²) in [5.74, 6) is -0.603. The van der Waals surface area contributed by atoms with Crippen molar-refractivity contribution >= 4 is 23.4 Å². The van der Waals surface area contributed by atoms with Crippen LogP contribution in [-0.2, 0) is 9.53 Å². The highest BCUT2D eigenvalue weighted by Crippen LogP contribution is 2.37. The molecule has 0 bridgehead atoms. The number of aromatic nitrogens is 4. The van der Waals surface area contributed by atoms with E-state index in [1.54, 1.807) is 24.3 Å². The number of benzene rings is 2. The van der Waals surface area contributed by atoms with Crippen LogP contribution in [0.25, 0.3) is 0 Å². The zero-order chi connectivity index (χ0) is 22.8. The van der Waals surface area contributed by atoms with Crippen molar-refractivity contribution < 1.29 is 24.0 Å². The lowest BCUT2D eigenvalue weighted by Gasteiger charge is -2.28. The molecule has 0 unspecified atom stereocenters. The summed E-state index contributed by atoms with van der Waals surface area (Å²) in [6, 6.07) is 11.0. The molecule has 4 rings (SSSR count). The first-order valence-corrected chi connectivity index (χ1v) is 9.25. The zero-order valence-corrected chi connectivity index (χ0v) is 16.9. The average Bonchev–Trinajstić information content (AvgIpc) is 3.30. The van der Waals surface area contributed by atoms with Crippen LogP contribution in [0.4, 0.5) is 11.6 Å². The van der Waals surface area contributed by atoms with E-state index in [2.05, 4.69) is 20.8 Å². The molecule has 0 spiro atoms. The molecule has 3 aromatic rings. The number of tetrazole rings is 1. The molecule has 12 nitrogen and oxygen atoms in total. The van der Waals surface area contributed by atoms with Gasteiger partial charge in [-0.25, -0.2) is 4.79 Å². The van der Waals surface area contributed by atoms with Crippen molar-refractivity contribution in [2.24, 2.45) is 0 Å². The maximum atomic E-state index is 13.6. The Morgan fingerprint density at radius 2 is 1.78 bits per heavy atom. The van der Waals surface area contributed by atoms with Gasteiger partial charge < -0.3 is 14.8 Å². The van der Waals surface area contributed by atoms with Crippen LogP contribution in [0.1, 0.15) is 22.0 Å². The van der Waals surface area contributed by atoms with Crippen LogP contribution in [-0.4, -0.2) is 51.1 Å². The summed E-state index contributed by atoms with van der Waals surface area (Å²) in [4.78, 5) is 36.7. The Morgan fingerprint density at radius 1 is 1.09 bits per heavy atom. The number of methoxy groups -OCH3 is 2. The lowest BCUT2D eigenvalue weighted by atomic mass is 9.89. The van der Waals surface area contributed by atoms with Gasteiger partial charge in [0.1, 0.15) is 17.5 Å². The third-order valence-corrected chi connectivity index (χ3v) is 4.92. The molecule has 0 radical (unpaired) electrons. The topological polar surface area (TPSA) is 151 Å². The first kappa shape index (κ1) is 20.7. The monoisotopic (exact) mass is 436 g/mol. The van der Waals surface area contributed by atoms with Gasteiger partial charge in [-0.1, -0.05) is 5.10 Å². The number of esters is 1. The van der Waals surface area contributed by atoms with E-state index in [0.717, 1.165) is 0 Å². The van der Waals surface area contributed by atoms with Crippen molar-refractivity contribution in [1.82, 2.24) is 20.2 Å². The van der Waals surface area contributed by atoms with Crippen LogP contribution < -0.4 is 10.1 Å². The summed E-state index contributed by atoms with van der Waals surface area (Å²) in [5.41, 5.74) is 0.519. The average molecular weight is 436 g/mol. The smallest absolute Gasteiger partial charge is 0.355 e. The Morgan fingerprint density at radius 3 is 2.38 bits per heavy atom. The van der Waals surface area contributed by atoms with Crippen molar-refractivity contribution in [2.75, 3.05) is 19.5 Å². The maximum Gasteiger partial charge on any atom is 0.355 e. The molecular weight excluding hydrogens is 420 g/mol. The highest BCUT2D eigenvalue weighted by molar-refractivity contribution is 6.15. The fourth-order valence-electron chi connectivity index (χ4n) is 3.37. The maximum absolute atomic E-state index is 13.6. The molecule has 12 heteroatoms. The minimum atomic E-state index is -0.939. The van der Waals surface area contributed by atoms with Crippen LogP contribution in [0.5, 0.6) is 5.75 Å². The lowest BCUT2D eigenvalue weighted by Crippen LogP contribution is -2.32. The first-order chi connectivity index (χ1) is 15.4. The molecule has 2 aromatic carbocycles. The predicted molar refractivity (Wildman–Crippen MR) is 109 cm³/mol. The number of anilines is 1. The van der Waals surface area contributed by atoms with Gasteiger partial charge >= 0.3 is 5.97 Å². The van der Waals surface area contributed by atoms with Crippen LogP contribution in [0.15, 0.2) is 59.8 Å². The normalized spacial score (nSPS) is 14.9. The largest absolute Gasteiger partial charge is 0.497 e. The number of nitrogens with one attached hydrogen (secondary N) is 1. The van der Waals surface area contributed by atoms with Crippen molar-refractivity contribution in [1.29, 1.82) is 0 Å². The van der Waals surface area contributed by atoms with E-state index in [1.165, 1.54) is 43.2 Å². The van der Waals surface area contributed by atoms with Gasteiger partial charge in [-0.05, 0) is 52.4 Å². The molecular formula is C20H16N6O6. The number of rotatable bonds is 6.